The predicted molar refractivity (Wildman–Crippen MR) is 46.1 cm³/mol. The van der Waals surface area contributed by atoms with Crippen LogP contribution in [0.5, 0.6) is 0 Å². The molecule has 70 valence electrons. The standard InChI is InChI=1S/C9H13N2O2/c1-9(2,3)13-8(12)11-7-5-4-6-10-11/h4-7H,1-3H3/q+1. The molecule has 1 aromatic rings. The third-order valence-corrected chi connectivity index (χ3v) is 1.20. The molecule has 0 unspecified atom stereocenters. The van der Waals surface area contributed by atoms with E-state index in [1.807, 2.05) is 20.8 Å². The molecule has 0 radical (unpaired) electrons. The summed E-state index contributed by atoms with van der Waals surface area (Å²) in [4.78, 5) is 11.3. The topological polar surface area (TPSA) is 43.1 Å². The fraction of sp³-hybridized carbons (Fsp3) is 0.444. The van der Waals surface area contributed by atoms with Gasteiger partial charge in [-0.15, -0.1) is 0 Å². The molecule has 0 saturated heterocycles. The van der Waals surface area contributed by atoms with E-state index in [4.69, 9.17) is 4.74 Å². The van der Waals surface area contributed by atoms with Gasteiger partial charge in [-0.05, 0) is 26.8 Å². The maximum Gasteiger partial charge on any atom is 0.628 e. The molecular formula is C9H13N2O2+. The fourth-order valence-corrected chi connectivity index (χ4v) is 0.746. The summed E-state index contributed by atoms with van der Waals surface area (Å²) in [5, 5.41) is 3.80. The number of ether oxygens (including phenoxy) is 1. The fourth-order valence-electron chi connectivity index (χ4n) is 0.746. The number of hydrogen-bond donors (Lipinski definition) is 0. The zero-order chi connectivity index (χ0) is 9.90. The molecule has 0 spiro atoms. The molecule has 4 nitrogen and oxygen atoms in total. The van der Waals surface area contributed by atoms with Crippen LogP contribution in [-0.2, 0) is 4.74 Å². The van der Waals surface area contributed by atoms with E-state index in [1.165, 1.54) is 6.20 Å². The van der Waals surface area contributed by atoms with Gasteiger partial charge in [-0.1, -0.05) is 0 Å². The van der Waals surface area contributed by atoms with Gasteiger partial charge in [0.15, 0.2) is 0 Å². The highest BCUT2D eigenvalue weighted by molar-refractivity contribution is 5.56. The molecule has 0 aliphatic rings. The summed E-state index contributed by atoms with van der Waals surface area (Å²) in [7, 11) is 0. The first kappa shape index (κ1) is 9.64. The van der Waals surface area contributed by atoms with Crippen molar-refractivity contribution in [2.75, 3.05) is 0 Å². The Balaban J connectivity index is 2.71. The van der Waals surface area contributed by atoms with Crippen LogP contribution in [-0.4, -0.2) is 16.8 Å². The SMILES string of the molecule is CC(C)(C)OC(=O)[n+]1ccccn1. The molecule has 13 heavy (non-hydrogen) atoms. The van der Waals surface area contributed by atoms with Crippen LogP contribution in [0.3, 0.4) is 0 Å². The highest BCUT2D eigenvalue weighted by atomic mass is 16.6. The van der Waals surface area contributed by atoms with Gasteiger partial charge < -0.3 is 4.74 Å². The summed E-state index contributed by atoms with van der Waals surface area (Å²) >= 11 is 0. The Kier molecular flexibility index (Phi) is 2.60. The normalized spacial score (nSPS) is 11.0. The van der Waals surface area contributed by atoms with Crippen LogP contribution in [0.15, 0.2) is 24.5 Å². The highest BCUT2D eigenvalue weighted by Crippen LogP contribution is 2.05. The van der Waals surface area contributed by atoms with Gasteiger partial charge in [0.1, 0.15) is 5.60 Å². The molecule has 0 amide bonds. The summed E-state index contributed by atoms with van der Waals surface area (Å²) in [6.07, 6.45) is 2.62. The van der Waals surface area contributed by atoms with E-state index < -0.39 is 11.7 Å². The lowest BCUT2D eigenvalue weighted by Gasteiger charge is -2.14. The number of aromatic nitrogens is 2. The van der Waals surface area contributed by atoms with Crippen molar-refractivity contribution in [3.63, 3.8) is 0 Å². The van der Waals surface area contributed by atoms with E-state index >= 15 is 0 Å². The van der Waals surface area contributed by atoms with Crippen molar-refractivity contribution in [2.24, 2.45) is 0 Å². The molecular weight excluding hydrogens is 168 g/mol. The average Bonchev–Trinajstić information content (AvgIpc) is 2.03. The average molecular weight is 181 g/mol. The third-order valence-electron chi connectivity index (χ3n) is 1.20. The Hall–Kier alpha value is -1.45. The van der Waals surface area contributed by atoms with Crippen LogP contribution in [0, 0.1) is 0 Å². The van der Waals surface area contributed by atoms with Crippen LogP contribution in [0.1, 0.15) is 20.8 Å². The molecule has 0 saturated carbocycles. The summed E-state index contributed by atoms with van der Waals surface area (Å²) < 4.78 is 6.24. The molecule has 0 atom stereocenters. The Labute approximate surface area is 77.1 Å². The third kappa shape index (κ3) is 3.19. The van der Waals surface area contributed by atoms with Crippen LogP contribution < -0.4 is 4.68 Å². The molecule has 0 aromatic carbocycles. The van der Waals surface area contributed by atoms with E-state index in [1.54, 1.807) is 18.3 Å². The van der Waals surface area contributed by atoms with Gasteiger partial charge >= 0.3 is 6.09 Å². The van der Waals surface area contributed by atoms with E-state index in [2.05, 4.69) is 5.10 Å². The number of rotatable bonds is 0. The van der Waals surface area contributed by atoms with Crippen molar-refractivity contribution >= 4 is 6.09 Å². The second kappa shape index (κ2) is 3.51. The van der Waals surface area contributed by atoms with E-state index in [0.717, 1.165) is 4.68 Å². The van der Waals surface area contributed by atoms with Crippen molar-refractivity contribution < 1.29 is 14.2 Å². The van der Waals surface area contributed by atoms with E-state index in [0.29, 0.717) is 0 Å². The summed E-state index contributed by atoms with van der Waals surface area (Å²) in [5.74, 6) is 0. The lowest BCUT2D eigenvalue weighted by molar-refractivity contribution is -0.650. The van der Waals surface area contributed by atoms with Gasteiger partial charge in [0, 0.05) is 15.8 Å². The second-order valence-electron chi connectivity index (χ2n) is 3.62. The van der Waals surface area contributed by atoms with Gasteiger partial charge in [0.05, 0.1) is 6.20 Å². The molecule has 0 fully saturated rings. The Morgan fingerprint density at radius 2 is 2.08 bits per heavy atom. The summed E-state index contributed by atoms with van der Waals surface area (Å²) in [6.45, 7) is 5.44. The van der Waals surface area contributed by atoms with Gasteiger partial charge in [0.25, 0.3) is 0 Å². The highest BCUT2D eigenvalue weighted by Gasteiger charge is 2.25. The van der Waals surface area contributed by atoms with E-state index in [-0.39, 0.29) is 0 Å². The lowest BCUT2D eigenvalue weighted by atomic mass is 10.2. The van der Waals surface area contributed by atoms with Crippen LogP contribution in [0.25, 0.3) is 0 Å². The van der Waals surface area contributed by atoms with Gasteiger partial charge in [-0.2, -0.15) is 4.79 Å². The maximum absolute atomic E-state index is 11.3. The minimum Gasteiger partial charge on any atom is -0.404 e. The molecule has 1 aromatic heterocycles. The first-order valence-corrected chi connectivity index (χ1v) is 4.05. The quantitative estimate of drug-likeness (QED) is 0.564. The maximum atomic E-state index is 11.3. The Bertz CT molecular complexity index is 290. The van der Waals surface area contributed by atoms with Crippen LogP contribution >= 0.6 is 0 Å². The molecule has 1 rings (SSSR count). The summed E-state index contributed by atoms with van der Waals surface area (Å²) in [6, 6.07) is 3.46. The van der Waals surface area contributed by atoms with Crippen molar-refractivity contribution in [1.82, 2.24) is 5.10 Å². The Morgan fingerprint density at radius 1 is 1.38 bits per heavy atom. The molecule has 0 bridgehead atoms. The zero-order valence-corrected chi connectivity index (χ0v) is 8.02. The predicted octanol–water partition coefficient (Wildman–Crippen LogP) is 1.15. The molecule has 1 heterocycles. The number of carbonyl (C=O) groups is 1. The molecule has 0 N–H and O–H groups in total. The lowest BCUT2D eigenvalue weighted by Crippen LogP contribution is -2.48. The Morgan fingerprint density at radius 3 is 2.54 bits per heavy atom. The van der Waals surface area contributed by atoms with Crippen LogP contribution in [0.2, 0.25) is 0 Å². The van der Waals surface area contributed by atoms with Crippen molar-refractivity contribution in [2.45, 2.75) is 26.4 Å². The van der Waals surface area contributed by atoms with Gasteiger partial charge in [-0.25, -0.2) is 0 Å². The molecule has 4 heteroatoms. The van der Waals surface area contributed by atoms with Gasteiger partial charge in [-0.3, -0.25) is 0 Å². The second-order valence-corrected chi connectivity index (χ2v) is 3.62. The van der Waals surface area contributed by atoms with Crippen molar-refractivity contribution in [3.05, 3.63) is 24.5 Å². The number of nitrogens with zero attached hydrogens (tertiary/aromatic N) is 2. The first-order valence-electron chi connectivity index (χ1n) is 4.05. The first-order chi connectivity index (χ1) is 5.99. The largest absolute Gasteiger partial charge is 0.628 e. The minimum atomic E-state index is -0.485. The molecule has 0 aliphatic heterocycles. The minimum absolute atomic E-state index is 0.465. The molecule has 0 aliphatic carbocycles. The zero-order valence-electron chi connectivity index (χ0n) is 8.02. The van der Waals surface area contributed by atoms with E-state index in [9.17, 15) is 4.79 Å². The smallest absolute Gasteiger partial charge is 0.404 e. The number of carbonyl (C=O) groups excluding carboxylic acids is 1. The summed E-state index contributed by atoms with van der Waals surface area (Å²) in [5.41, 5.74) is -0.485. The monoisotopic (exact) mass is 181 g/mol. The van der Waals surface area contributed by atoms with Crippen molar-refractivity contribution in [1.29, 1.82) is 0 Å². The van der Waals surface area contributed by atoms with Gasteiger partial charge in [0.2, 0.25) is 6.20 Å². The van der Waals surface area contributed by atoms with Crippen LogP contribution in [0.4, 0.5) is 4.79 Å². The number of hydrogen-bond acceptors (Lipinski definition) is 3. The van der Waals surface area contributed by atoms with Crippen molar-refractivity contribution in [3.8, 4) is 0 Å².